The molecule has 5 heteroatoms. The molecule has 1 unspecified atom stereocenters. The van der Waals surface area contributed by atoms with Gasteiger partial charge in [-0.25, -0.2) is 0 Å². The molecule has 0 radical (unpaired) electrons. The van der Waals surface area contributed by atoms with E-state index in [1.807, 2.05) is 0 Å². The quantitative estimate of drug-likeness (QED) is 0.621. The number of rotatable bonds is 2. The van der Waals surface area contributed by atoms with Gasteiger partial charge in [-0.3, -0.25) is 0 Å². The zero-order chi connectivity index (χ0) is 6.69. The molecule has 0 aromatic carbocycles. The van der Waals surface area contributed by atoms with Crippen molar-refractivity contribution in [2.24, 2.45) is 0 Å². The maximum absolute atomic E-state index is 5.61. The Bertz CT molecular complexity index is 167. The second-order valence-electron chi connectivity index (χ2n) is 1.38. The monoisotopic (exact) mass is 164 g/mol. The van der Waals surface area contributed by atoms with Crippen LogP contribution in [0.1, 0.15) is 11.3 Å². The van der Waals surface area contributed by atoms with E-state index < -0.39 is 5.56 Å². The van der Waals surface area contributed by atoms with Crippen LogP contribution in [0.5, 0.6) is 0 Å². The average Bonchev–Trinajstić information content (AvgIpc) is 2.37. The van der Waals surface area contributed by atoms with E-state index in [9.17, 15) is 0 Å². The maximum Gasteiger partial charge on any atom is 0.175 e. The van der Waals surface area contributed by atoms with Crippen molar-refractivity contribution in [1.82, 2.24) is 8.75 Å². The van der Waals surface area contributed by atoms with Gasteiger partial charge >= 0.3 is 0 Å². The summed E-state index contributed by atoms with van der Waals surface area (Å²) in [4.78, 5) is 0. The van der Waals surface area contributed by atoms with Gasteiger partial charge in [-0.15, -0.1) is 0 Å². The SMILES string of the molecule is COC(Cl)c1cnsn1. The topological polar surface area (TPSA) is 35.0 Å². The first-order chi connectivity index (χ1) is 4.34. The molecule has 0 aliphatic heterocycles. The molecular weight excluding hydrogens is 160 g/mol. The fourth-order valence-electron chi connectivity index (χ4n) is 0.393. The van der Waals surface area contributed by atoms with Crippen molar-refractivity contribution < 1.29 is 4.74 Å². The van der Waals surface area contributed by atoms with Gasteiger partial charge in [0.15, 0.2) is 5.56 Å². The normalized spacial score (nSPS) is 13.6. The summed E-state index contributed by atoms with van der Waals surface area (Å²) >= 11 is 6.73. The Morgan fingerprint density at radius 1 is 1.89 bits per heavy atom. The van der Waals surface area contributed by atoms with Crippen LogP contribution in [0.15, 0.2) is 6.20 Å². The predicted octanol–water partition coefficient (Wildman–Crippen LogP) is 1.42. The smallest absolute Gasteiger partial charge is 0.175 e. The highest BCUT2D eigenvalue weighted by Crippen LogP contribution is 2.17. The van der Waals surface area contributed by atoms with E-state index in [0.717, 1.165) is 11.7 Å². The van der Waals surface area contributed by atoms with Crippen LogP contribution in [0.3, 0.4) is 0 Å². The number of alkyl halides is 1. The molecule has 3 nitrogen and oxygen atoms in total. The second-order valence-corrected chi connectivity index (χ2v) is 2.34. The molecule has 9 heavy (non-hydrogen) atoms. The van der Waals surface area contributed by atoms with Crippen molar-refractivity contribution in [2.45, 2.75) is 5.56 Å². The number of halogens is 1. The van der Waals surface area contributed by atoms with Gasteiger partial charge in [-0.2, -0.15) is 8.75 Å². The zero-order valence-electron chi connectivity index (χ0n) is 4.74. The lowest BCUT2D eigenvalue weighted by atomic mass is 10.5. The second kappa shape index (κ2) is 3.10. The van der Waals surface area contributed by atoms with E-state index in [-0.39, 0.29) is 0 Å². The summed E-state index contributed by atoms with van der Waals surface area (Å²) in [6, 6.07) is 0. The fraction of sp³-hybridized carbons (Fsp3) is 0.500. The first kappa shape index (κ1) is 6.92. The number of ether oxygens (including phenoxy) is 1. The molecule has 50 valence electrons. The van der Waals surface area contributed by atoms with Crippen molar-refractivity contribution in [1.29, 1.82) is 0 Å². The highest BCUT2D eigenvalue weighted by Gasteiger charge is 2.07. The minimum Gasteiger partial charge on any atom is -0.360 e. The molecular formula is C4H5ClN2OS. The Kier molecular flexibility index (Phi) is 2.38. The molecule has 0 amide bonds. The fourth-order valence-corrected chi connectivity index (χ4v) is 0.995. The number of hydrogen-bond acceptors (Lipinski definition) is 4. The third kappa shape index (κ3) is 1.61. The summed E-state index contributed by atoms with van der Waals surface area (Å²) in [7, 11) is 1.52. The summed E-state index contributed by atoms with van der Waals surface area (Å²) < 4.78 is 12.4. The highest BCUT2D eigenvalue weighted by molar-refractivity contribution is 6.99. The van der Waals surface area contributed by atoms with E-state index in [2.05, 4.69) is 8.75 Å². The molecule has 1 aromatic heterocycles. The van der Waals surface area contributed by atoms with Gasteiger partial charge in [0, 0.05) is 7.11 Å². The van der Waals surface area contributed by atoms with Crippen molar-refractivity contribution in [3.05, 3.63) is 11.9 Å². The van der Waals surface area contributed by atoms with Crippen LogP contribution in [0.2, 0.25) is 0 Å². The third-order valence-corrected chi connectivity index (χ3v) is 1.71. The highest BCUT2D eigenvalue weighted by atomic mass is 35.5. The van der Waals surface area contributed by atoms with Crippen LogP contribution in [0.25, 0.3) is 0 Å². The van der Waals surface area contributed by atoms with Crippen LogP contribution < -0.4 is 0 Å². The van der Waals surface area contributed by atoms with E-state index in [0.29, 0.717) is 5.69 Å². The molecule has 1 aromatic rings. The standard InChI is InChI=1S/C4H5ClN2OS/c1-8-4(5)3-2-6-9-7-3/h2,4H,1H3. The van der Waals surface area contributed by atoms with Gasteiger partial charge in [0.05, 0.1) is 17.9 Å². The summed E-state index contributed by atoms with van der Waals surface area (Å²) in [5.74, 6) is 0. The Morgan fingerprint density at radius 3 is 3.11 bits per heavy atom. The lowest BCUT2D eigenvalue weighted by Gasteiger charge is -1.99. The van der Waals surface area contributed by atoms with Gasteiger partial charge in [0.25, 0.3) is 0 Å². The Hall–Kier alpha value is -0.190. The molecule has 1 atom stereocenters. The minimum absolute atomic E-state index is 0.455. The Labute approximate surface area is 61.9 Å². The average molecular weight is 165 g/mol. The summed E-state index contributed by atoms with van der Waals surface area (Å²) in [5.41, 5.74) is 0.216. The van der Waals surface area contributed by atoms with Gasteiger partial charge in [-0.1, -0.05) is 11.6 Å². The van der Waals surface area contributed by atoms with Crippen LogP contribution in [0, 0.1) is 0 Å². The van der Waals surface area contributed by atoms with Crippen LogP contribution in [-0.2, 0) is 4.74 Å². The lowest BCUT2D eigenvalue weighted by molar-refractivity contribution is 0.167. The van der Waals surface area contributed by atoms with Crippen molar-refractivity contribution >= 4 is 23.3 Å². The first-order valence-electron chi connectivity index (χ1n) is 2.29. The number of nitrogens with zero attached hydrogens (tertiary/aromatic N) is 2. The van der Waals surface area contributed by atoms with E-state index in [1.165, 1.54) is 7.11 Å². The molecule has 1 heterocycles. The Balaban J connectivity index is 2.65. The van der Waals surface area contributed by atoms with Crippen molar-refractivity contribution in [3.8, 4) is 0 Å². The third-order valence-electron chi connectivity index (χ3n) is 0.818. The molecule has 0 bridgehead atoms. The van der Waals surface area contributed by atoms with Crippen LogP contribution in [-0.4, -0.2) is 15.9 Å². The summed E-state index contributed by atoms with van der Waals surface area (Å²) in [6.07, 6.45) is 1.59. The number of aromatic nitrogens is 2. The molecule has 0 spiro atoms. The number of methoxy groups -OCH3 is 1. The molecule has 0 saturated heterocycles. The van der Waals surface area contributed by atoms with Gasteiger partial charge in [0.1, 0.15) is 5.69 Å². The molecule has 0 saturated carbocycles. The largest absolute Gasteiger partial charge is 0.360 e. The summed E-state index contributed by atoms with van der Waals surface area (Å²) in [5, 5.41) is 0. The Morgan fingerprint density at radius 2 is 2.67 bits per heavy atom. The predicted molar refractivity (Wildman–Crippen MR) is 35.5 cm³/mol. The molecule has 0 aliphatic rings. The van der Waals surface area contributed by atoms with Gasteiger partial charge in [0.2, 0.25) is 0 Å². The maximum atomic E-state index is 5.61. The van der Waals surface area contributed by atoms with Crippen LogP contribution >= 0.6 is 23.3 Å². The zero-order valence-corrected chi connectivity index (χ0v) is 6.32. The molecule has 1 rings (SSSR count). The minimum atomic E-state index is -0.455. The number of hydrogen-bond donors (Lipinski definition) is 0. The van der Waals surface area contributed by atoms with Crippen molar-refractivity contribution in [2.75, 3.05) is 7.11 Å². The molecule has 0 aliphatic carbocycles. The van der Waals surface area contributed by atoms with E-state index in [1.54, 1.807) is 6.20 Å². The molecule has 0 fully saturated rings. The van der Waals surface area contributed by atoms with Crippen molar-refractivity contribution in [3.63, 3.8) is 0 Å². The van der Waals surface area contributed by atoms with Gasteiger partial charge in [-0.05, 0) is 0 Å². The molecule has 0 N–H and O–H groups in total. The van der Waals surface area contributed by atoms with E-state index in [4.69, 9.17) is 16.3 Å². The van der Waals surface area contributed by atoms with Crippen LogP contribution in [0.4, 0.5) is 0 Å². The first-order valence-corrected chi connectivity index (χ1v) is 3.45. The lowest BCUT2D eigenvalue weighted by Crippen LogP contribution is -1.91. The van der Waals surface area contributed by atoms with E-state index >= 15 is 0 Å². The van der Waals surface area contributed by atoms with Gasteiger partial charge < -0.3 is 4.74 Å². The summed E-state index contributed by atoms with van der Waals surface area (Å²) in [6.45, 7) is 0.